The minimum absolute atomic E-state index is 0.0669. The molecule has 5 heteroatoms. The number of alkyl halides is 1. The maximum absolute atomic E-state index is 13.9. The number of rotatable bonds is 3. The van der Waals surface area contributed by atoms with Gasteiger partial charge in [0.15, 0.2) is 0 Å². The van der Waals surface area contributed by atoms with E-state index in [-0.39, 0.29) is 37.7 Å². The minimum atomic E-state index is -1.15. The van der Waals surface area contributed by atoms with Crippen molar-refractivity contribution in [1.29, 1.82) is 0 Å². The smallest absolute Gasteiger partial charge is 0.223 e. The third-order valence-corrected chi connectivity index (χ3v) is 4.91. The number of benzene rings is 1. The number of nitrogens with zero attached hydrogens (tertiary/aromatic N) is 1. The van der Waals surface area contributed by atoms with Crippen LogP contribution in [0.25, 0.3) is 0 Å². The van der Waals surface area contributed by atoms with Crippen LogP contribution in [0.15, 0.2) is 12.1 Å². The number of carbonyl (C=O) groups is 1. The highest BCUT2D eigenvalue weighted by Crippen LogP contribution is 2.28. The molecule has 1 aliphatic carbocycles. The number of carbonyl (C=O) groups excluding carboxylic acids is 1. The van der Waals surface area contributed by atoms with Crippen molar-refractivity contribution in [2.24, 2.45) is 0 Å². The molecule has 126 valence electrons. The summed E-state index contributed by atoms with van der Waals surface area (Å²) in [5, 5.41) is 9.60. The molecule has 3 rings (SSSR count). The highest BCUT2D eigenvalue weighted by Gasteiger charge is 2.28. The molecule has 0 spiro atoms. The van der Waals surface area contributed by atoms with E-state index in [1.54, 1.807) is 6.07 Å². The summed E-state index contributed by atoms with van der Waals surface area (Å²) in [5.41, 5.74) is 2.90. The fourth-order valence-corrected chi connectivity index (χ4v) is 3.75. The van der Waals surface area contributed by atoms with Crippen molar-refractivity contribution in [3.05, 3.63) is 34.6 Å². The van der Waals surface area contributed by atoms with E-state index in [1.165, 1.54) is 11.0 Å². The number of halogens is 2. The normalized spacial score (nSPS) is 24.4. The quantitative estimate of drug-likeness (QED) is 0.929. The highest BCUT2D eigenvalue weighted by atomic mass is 19.1. The number of β-amino-alcohol motifs (C(OH)–C–C–N with tert-alkyl or cyclic N) is 1. The van der Waals surface area contributed by atoms with Gasteiger partial charge < -0.3 is 10.0 Å². The molecule has 1 fully saturated rings. The van der Waals surface area contributed by atoms with Crippen molar-refractivity contribution < 1.29 is 18.7 Å². The second-order valence-electron chi connectivity index (χ2n) is 6.66. The lowest BCUT2D eigenvalue weighted by Crippen LogP contribution is -2.47. The minimum Gasteiger partial charge on any atom is -0.391 e. The number of aliphatic hydroxyl groups excluding tert-OH is 1. The summed E-state index contributed by atoms with van der Waals surface area (Å²) in [6, 6.07) is 3.27. The molecular weight excluding hydrogens is 300 g/mol. The van der Waals surface area contributed by atoms with Crippen molar-refractivity contribution in [3.63, 3.8) is 0 Å². The zero-order valence-electron chi connectivity index (χ0n) is 13.2. The lowest BCUT2D eigenvalue weighted by atomic mass is 9.86. The van der Waals surface area contributed by atoms with Crippen LogP contribution in [-0.2, 0) is 24.1 Å². The van der Waals surface area contributed by atoms with Crippen molar-refractivity contribution >= 4 is 5.91 Å². The molecule has 1 N–H and O–H groups in total. The topological polar surface area (TPSA) is 40.5 Å². The maximum Gasteiger partial charge on any atom is 0.223 e. The summed E-state index contributed by atoms with van der Waals surface area (Å²) in [5.74, 6) is -0.283. The molecular formula is C18H23F2NO2. The third kappa shape index (κ3) is 3.71. The number of piperidine rings is 1. The standard InChI is InChI=1S/C18H23F2NO2/c19-13-9-14(22)11-21(10-13)18(23)8-6-12-5-7-17(20)16-4-2-1-3-15(12)16/h5,7,13-14,22H,1-4,6,8-11H2/t13-,14-/m1/s1. The van der Waals surface area contributed by atoms with Crippen LogP contribution in [0, 0.1) is 5.82 Å². The van der Waals surface area contributed by atoms with Crippen molar-refractivity contribution in [1.82, 2.24) is 4.90 Å². The largest absolute Gasteiger partial charge is 0.391 e. The predicted octanol–water partition coefficient (Wildman–Crippen LogP) is 2.57. The van der Waals surface area contributed by atoms with Crippen LogP contribution in [0.2, 0.25) is 0 Å². The summed E-state index contributed by atoms with van der Waals surface area (Å²) in [4.78, 5) is 13.7. The van der Waals surface area contributed by atoms with Gasteiger partial charge in [-0.3, -0.25) is 4.79 Å². The SMILES string of the molecule is O=C(CCc1ccc(F)c2c1CCCC2)N1C[C@H](O)C[C@@H](F)C1. The summed E-state index contributed by atoms with van der Waals surface area (Å²) in [6.45, 7) is 0.276. The van der Waals surface area contributed by atoms with E-state index in [9.17, 15) is 18.7 Å². The van der Waals surface area contributed by atoms with E-state index in [2.05, 4.69) is 0 Å². The van der Waals surface area contributed by atoms with Crippen LogP contribution in [0.5, 0.6) is 0 Å². The van der Waals surface area contributed by atoms with E-state index in [0.29, 0.717) is 6.42 Å². The lowest BCUT2D eigenvalue weighted by molar-refractivity contribution is -0.136. The predicted molar refractivity (Wildman–Crippen MR) is 83.5 cm³/mol. The average Bonchev–Trinajstić information content (AvgIpc) is 2.53. The summed E-state index contributed by atoms with van der Waals surface area (Å²) in [6.07, 6.45) is 2.70. The number of amides is 1. The Morgan fingerprint density at radius 3 is 2.70 bits per heavy atom. The summed E-state index contributed by atoms with van der Waals surface area (Å²) < 4.78 is 27.4. The Labute approximate surface area is 135 Å². The van der Waals surface area contributed by atoms with Crippen LogP contribution in [-0.4, -0.2) is 41.3 Å². The summed E-state index contributed by atoms with van der Waals surface area (Å²) in [7, 11) is 0. The molecule has 0 radical (unpaired) electrons. The van der Waals surface area contributed by atoms with E-state index in [0.717, 1.165) is 42.4 Å². The Kier molecular flexibility index (Phi) is 4.95. The molecule has 1 aromatic carbocycles. The first-order chi connectivity index (χ1) is 11.0. The van der Waals surface area contributed by atoms with Gasteiger partial charge in [0.25, 0.3) is 0 Å². The van der Waals surface area contributed by atoms with Crippen LogP contribution < -0.4 is 0 Å². The Morgan fingerprint density at radius 2 is 1.96 bits per heavy atom. The molecule has 1 aliphatic heterocycles. The average molecular weight is 323 g/mol. The molecule has 2 atom stereocenters. The van der Waals surface area contributed by atoms with Gasteiger partial charge in [-0.25, -0.2) is 8.78 Å². The highest BCUT2D eigenvalue weighted by molar-refractivity contribution is 5.76. The number of aliphatic hydroxyl groups is 1. The van der Waals surface area contributed by atoms with E-state index in [1.807, 2.05) is 0 Å². The first-order valence-electron chi connectivity index (χ1n) is 8.43. The van der Waals surface area contributed by atoms with Crippen LogP contribution in [0.1, 0.15) is 42.4 Å². The van der Waals surface area contributed by atoms with Crippen molar-refractivity contribution in [3.8, 4) is 0 Å². The monoisotopic (exact) mass is 323 g/mol. The van der Waals surface area contributed by atoms with Gasteiger partial charge in [-0.05, 0) is 54.9 Å². The number of aryl methyl sites for hydroxylation is 1. The van der Waals surface area contributed by atoms with Crippen LogP contribution in [0.3, 0.4) is 0 Å². The van der Waals surface area contributed by atoms with Crippen molar-refractivity contribution in [2.75, 3.05) is 13.1 Å². The molecule has 2 aliphatic rings. The molecule has 1 aromatic rings. The fourth-order valence-electron chi connectivity index (χ4n) is 3.75. The maximum atomic E-state index is 13.9. The molecule has 0 unspecified atom stereocenters. The Morgan fingerprint density at radius 1 is 1.22 bits per heavy atom. The second kappa shape index (κ2) is 6.95. The van der Waals surface area contributed by atoms with Crippen LogP contribution >= 0.6 is 0 Å². The van der Waals surface area contributed by atoms with Gasteiger partial charge in [-0.2, -0.15) is 0 Å². The first-order valence-corrected chi connectivity index (χ1v) is 8.43. The molecule has 0 aromatic heterocycles. The number of likely N-dealkylation sites (tertiary alicyclic amines) is 1. The van der Waals surface area contributed by atoms with Gasteiger partial charge in [-0.15, -0.1) is 0 Å². The van der Waals surface area contributed by atoms with E-state index in [4.69, 9.17) is 0 Å². The number of fused-ring (bicyclic) bond motifs is 1. The molecule has 0 bridgehead atoms. The molecule has 1 heterocycles. The Bertz CT molecular complexity index is 581. The van der Waals surface area contributed by atoms with Gasteiger partial charge in [0.05, 0.1) is 12.6 Å². The summed E-state index contributed by atoms with van der Waals surface area (Å²) >= 11 is 0. The van der Waals surface area contributed by atoms with Gasteiger partial charge in [0.2, 0.25) is 5.91 Å². The van der Waals surface area contributed by atoms with E-state index < -0.39 is 12.3 Å². The van der Waals surface area contributed by atoms with Gasteiger partial charge >= 0.3 is 0 Å². The third-order valence-electron chi connectivity index (χ3n) is 4.91. The lowest BCUT2D eigenvalue weighted by Gasteiger charge is -2.32. The van der Waals surface area contributed by atoms with Crippen molar-refractivity contribution in [2.45, 2.75) is 57.2 Å². The Hall–Kier alpha value is -1.49. The second-order valence-corrected chi connectivity index (χ2v) is 6.66. The van der Waals surface area contributed by atoms with E-state index >= 15 is 0 Å². The molecule has 1 saturated heterocycles. The van der Waals surface area contributed by atoms with Crippen LogP contribution in [0.4, 0.5) is 8.78 Å². The molecule has 3 nitrogen and oxygen atoms in total. The van der Waals surface area contributed by atoms with Gasteiger partial charge in [0, 0.05) is 19.4 Å². The number of hydrogen-bond acceptors (Lipinski definition) is 2. The zero-order valence-corrected chi connectivity index (χ0v) is 13.2. The Balaban J connectivity index is 1.65. The molecule has 23 heavy (non-hydrogen) atoms. The fraction of sp³-hybridized carbons (Fsp3) is 0.611. The van der Waals surface area contributed by atoms with Gasteiger partial charge in [0.1, 0.15) is 12.0 Å². The number of hydrogen-bond donors (Lipinski definition) is 1. The zero-order chi connectivity index (χ0) is 16.4. The first kappa shape index (κ1) is 16.4. The van der Waals surface area contributed by atoms with Gasteiger partial charge in [-0.1, -0.05) is 6.07 Å². The molecule has 1 amide bonds. The molecule has 0 saturated carbocycles.